The van der Waals surface area contributed by atoms with Crippen LogP contribution in [0.25, 0.3) is 0 Å². The first-order valence-electron chi connectivity index (χ1n) is 1.80. The molecule has 0 saturated carbocycles. The molecule has 0 aromatic carbocycles. The second-order valence-electron chi connectivity index (χ2n) is 0.826. The van der Waals surface area contributed by atoms with Gasteiger partial charge in [0.15, 0.2) is 0 Å². The number of hydrogen-bond acceptors (Lipinski definition) is 1. The summed E-state index contributed by atoms with van der Waals surface area (Å²) < 4.78 is 4.83. The molecule has 0 aliphatic heterocycles. The van der Waals surface area contributed by atoms with Crippen LogP contribution in [0.3, 0.4) is 0 Å². The molecule has 2 heteroatoms. The highest BCUT2D eigenvalue weighted by molar-refractivity contribution is 7.16. The van der Waals surface area contributed by atoms with E-state index in [4.69, 9.17) is 4.74 Å². The van der Waals surface area contributed by atoms with E-state index in [1.165, 1.54) is 0 Å². The van der Waals surface area contributed by atoms with Gasteiger partial charge >= 0.3 is 0 Å². The van der Waals surface area contributed by atoms with Crippen molar-refractivity contribution in [1.82, 2.24) is 0 Å². The first kappa shape index (κ1) is 6.13. The van der Waals surface area contributed by atoms with Gasteiger partial charge in [-0.05, 0) is 0 Å². The number of rotatable bonds is 3. The molecule has 0 spiro atoms. The maximum Gasteiger partial charge on any atom is 0.0649 e. The Hall–Kier alpha value is 0.130. The Morgan fingerprint density at radius 3 is 2.67 bits per heavy atom. The fourth-order valence-electron chi connectivity index (χ4n) is 0.151. The predicted molar refractivity (Wildman–Crippen MR) is 30.7 cm³/mol. The summed E-state index contributed by atoms with van der Waals surface area (Å²) in [6, 6.07) is 0. The van der Waals surface area contributed by atoms with E-state index in [0.717, 1.165) is 0 Å². The zero-order valence-electron chi connectivity index (χ0n) is 3.68. The normalized spacial score (nSPS) is 8.17. The van der Waals surface area contributed by atoms with Crippen molar-refractivity contribution in [2.75, 3.05) is 13.0 Å². The molecular weight excluding hydrogens is 95.0 g/mol. The molecule has 0 radical (unpaired) electrons. The first-order chi connectivity index (χ1) is 2.91. The second kappa shape index (κ2) is 5.13. The maximum atomic E-state index is 4.83. The van der Waals surface area contributed by atoms with Crippen molar-refractivity contribution in [3.05, 3.63) is 12.7 Å². The fourth-order valence-corrected chi connectivity index (χ4v) is 0.287. The van der Waals surface area contributed by atoms with Gasteiger partial charge in [0.2, 0.25) is 0 Å². The maximum absolute atomic E-state index is 4.83. The van der Waals surface area contributed by atoms with E-state index in [2.05, 4.69) is 15.8 Å². The summed E-state index contributed by atoms with van der Waals surface area (Å²) in [6.07, 6.45) is 2.43. The van der Waals surface area contributed by atoms with E-state index in [1.807, 2.05) is 0 Å². The van der Waals surface area contributed by atoms with Crippen LogP contribution in [0.2, 0.25) is 0 Å². The molecule has 1 nitrogen and oxygen atoms in total. The zero-order chi connectivity index (χ0) is 4.83. The molecule has 0 aromatic heterocycles. The van der Waals surface area contributed by atoms with Gasteiger partial charge in [0.25, 0.3) is 0 Å². The van der Waals surface area contributed by atoms with Crippen LogP contribution >= 0.6 is 9.24 Å². The molecule has 0 bridgehead atoms. The largest absolute Gasteiger partial charge is 0.373 e. The Morgan fingerprint density at radius 1 is 1.83 bits per heavy atom. The minimum atomic E-state index is 0.656. The van der Waals surface area contributed by atoms with E-state index in [9.17, 15) is 0 Å². The summed E-state index contributed by atoms with van der Waals surface area (Å²) in [6.45, 7) is 4.12. The van der Waals surface area contributed by atoms with Gasteiger partial charge in [-0.15, -0.1) is 15.8 Å². The lowest BCUT2D eigenvalue weighted by molar-refractivity contribution is 0.216. The van der Waals surface area contributed by atoms with Crippen molar-refractivity contribution >= 4 is 9.24 Å². The fraction of sp³-hybridized carbons (Fsp3) is 0.500. The van der Waals surface area contributed by atoms with E-state index in [-0.39, 0.29) is 0 Å². The standard InChI is InChI=1S/C4H9OP/c1-2-3-5-4-6/h2H,1,3-4,6H2. The molecule has 0 N–H and O–H groups in total. The summed E-state index contributed by atoms with van der Waals surface area (Å²) in [4.78, 5) is 0. The molecule has 0 rings (SSSR count). The van der Waals surface area contributed by atoms with Gasteiger partial charge in [0.05, 0.1) is 13.0 Å². The third kappa shape index (κ3) is 4.13. The topological polar surface area (TPSA) is 9.23 Å². The molecule has 0 heterocycles. The lowest BCUT2D eigenvalue weighted by atomic mass is 10.7. The average Bonchev–Trinajstić information content (AvgIpc) is 1.61. The van der Waals surface area contributed by atoms with Gasteiger partial charge in [-0.3, -0.25) is 0 Å². The van der Waals surface area contributed by atoms with Crippen molar-refractivity contribution < 1.29 is 4.74 Å². The van der Waals surface area contributed by atoms with Crippen molar-refractivity contribution in [3.63, 3.8) is 0 Å². The third-order valence-electron chi connectivity index (χ3n) is 0.354. The molecule has 36 valence electrons. The Kier molecular flexibility index (Phi) is 5.24. The van der Waals surface area contributed by atoms with Crippen LogP contribution in [0, 0.1) is 0 Å². The Balaban J connectivity index is 2.49. The lowest BCUT2D eigenvalue weighted by Gasteiger charge is -1.88. The van der Waals surface area contributed by atoms with Crippen LogP contribution in [0.15, 0.2) is 12.7 Å². The molecule has 0 aliphatic rings. The van der Waals surface area contributed by atoms with Gasteiger partial charge in [-0.2, -0.15) is 0 Å². The smallest absolute Gasteiger partial charge is 0.0649 e. The van der Waals surface area contributed by atoms with Crippen molar-refractivity contribution in [1.29, 1.82) is 0 Å². The quantitative estimate of drug-likeness (QED) is 0.295. The molecule has 6 heavy (non-hydrogen) atoms. The molecule has 0 aromatic rings. The predicted octanol–water partition coefficient (Wildman–Crippen LogP) is 1.02. The van der Waals surface area contributed by atoms with Crippen molar-refractivity contribution in [2.45, 2.75) is 0 Å². The van der Waals surface area contributed by atoms with E-state index in [1.54, 1.807) is 6.08 Å². The number of ether oxygens (including phenoxy) is 1. The molecule has 0 amide bonds. The SMILES string of the molecule is C=CCOCP. The summed E-state index contributed by atoms with van der Waals surface area (Å²) in [5.74, 6) is 0. The Labute approximate surface area is 40.6 Å². The Bertz CT molecular complexity index is 36.5. The zero-order valence-corrected chi connectivity index (χ0v) is 4.84. The third-order valence-corrected chi connectivity index (χ3v) is 0.589. The monoisotopic (exact) mass is 104 g/mol. The highest BCUT2D eigenvalue weighted by Crippen LogP contribution is 1.80. The minimum absolute atomic E-state index is 0.656. The van der Waals surface area contributed by atoms with Crippen LogP contribution in [0.4, 0.5) is 0 Å². The Morgan fingerprint density at radius 2 is 2.50 bits per heavy atom. The van der Waals surface area contributed by atoms with Gasteiger partial charge in [-0.25, -0.2) is 0 Å². The number of hydrogen-bond donors (Lipinski definition) is 0. The van der Waals surface area contributed by atoms with E-state index >= 15 is 0 Å². The highest BCUT2D eigenvalue weighted by atomic mass is 31.0. The second-order valence-corrected chi connectivity index (χ2v) is 1.16. The molecule has 1 unspecified atom stereocenters. The van der Waals surface area contributed by atoms with Crippen LogP contribution in [0.5, 0.6) is 0 Å². The van der Waals surface area contributed by atoms with Crippen LogP contribution in [-0.2, 0) is 4.74 Å². The summed E-state index contributed by atoms with van der Waals surface area (Å²) >= 11 is 0. The summed E-state index contributed by atoms with van der Waals surface area (Å²) in [5.41, 5.74) is 0. The van der Waals surface area contributed by atoms with E-state index in [0.29, 0.717) is 13.0 Å². The van der Waals surface area contributed by atoms with Crippen molar-refractivity contribution in [2.24, 2.45) is 0 Å². The first-order valence-corrected chi connectivity index (χ1v) is 2.62. The van der Waals surface area contributed by atoms with E-state index < -0.39 is 0 Å². The lowest BCUT2D eigenvalue weighted by Crippen LogP contribution is -1.83. The molecular formula is C4H9OP. The van der Waals surface area contributed by atoms with Crippen LogP contribution < -0.4 is 0 Å². The highest BCUT2D eigenvalue weighted by Gasteiger charge is 1.67. The molecule has 0 saturated heterocycles. The average molecular weight is 104 g/mol. The van der Waals surface area contributed by atoms with Crippen LogP contribution in [-0.4, -0.2) is 13.0 Å². The van der Waals surface area contributed by atoms with Gasteiger partial charge in [0, 0.05) is 0 Å². The van der Waals surface area contributed by atoms with Gasteiger partial charge < -0.3 is 4.74 Å². The van der Waals surface area contributed by atoms with Crippen LogP contribution in [0.1, 0.15) is 0 Å². The summed E-state index contributed by atoms with van der Waals surface area (Å²) in [7, 11) is 2.46. The molecule has 1 atom stereocenters. The minimum Gasteiger partial charge on any atom is -0.373 e. The molecule has 0 aliphatic carbocycles. The summed E-state index contributed by atoms with van der Waals surface area (Å²) in [5, 5.41) is 0. The van der Waals surface area contributed by atoms with Gasteiger partial charge in [0.1, 0.15) is 0 Å². The van der Waals surface area contributed by atoms with Crippen molar-refractivity contribution in [3.8, 4) is 0 Å². The molecule has 0 fully saturated rings. The van der Waals surface area contributed by atoms with Gasteiger partial charge in [-0.1, -0.05) is 6.08 Å².